The highest BCUT2D eigenvalue weighted by Crippen LogP contribution is 2.52. The lowest BCUT2D eigenvalue weighted by Gasteiger charge is -2.33. The second-order valence-electron chi connectivity index (χ2n) is 12.7. The van der Waals surface area contributed by atoms with Crippen LogP contribution in [0.5, 0.6) is 0 Å². The van der Waals surface area contributed by atoms with Crippen molar-refractivity contribution in [3.05, 3.63) is 179 Å². The summed E-state index contributed by atoms with van der Waals surface area (Å²) in [6.45, 7) is 1.40. The zero-order valence-electron chi connectivity index (χ0n) is 28.4. The summed E-state index contributed by atoms with van der Waals surface area (Å²) in [5.41, 5.74) is -6.94. The number of allylic oxidation sites excluding steroid dienone is 10. The topological polar surface area (TPSA) is 0 Å². The number of halogens is 12. The summed E-state index contributed by atoms with van der Waals surface area (Å²) in [6.07, 6.45) is -9.09. The molecule has 0 amide bonds. The van der Waals surface area contributed by atoms with Crippen molar-refractivity contribution >= 4 is 37.1 Å². The number of hydrogen-bond donors (Lipinski definition) is 0. The molecule has 0 bridgehead atoms. The van der Waals surface area contributed by atoms with Gasteiger partial charge in [-0.25, -0.2) is 0 Å². The van der Waals surface area contributed by atoms with Gasteiger partial charge in [0.15, 0.2) is 0 Å². The molecule has 286 valence electrons. The summed E-state index contributed by atoms with van der Waals surface area (Å²) in [5, 5.41) is 0.588. The first-order valence-electron chi connectivity index (χ1n) is 16.5. The molecule has 0 saturated carbocycles. The zero-order valence-corrected chi connectivity index (χ0v) is 30.2. The first kappa shape index (κ1) is 40.3. The fourth-order valence-electron chi connectivity index (χ4n) is 6.60. The van der Waals surface area contributed by atoms with Crippen molar-refractivity contribution in [1.29, 1.82) is 0 Å². The average molecular weight is 811 g/mol. The van der Waals surface area contributed by atoms with E-state index in [2.05, 4.69) is 0 Å². The van der Waals surface area contributed by atoms with Gasteiger partial charge in [-0.05, 0) is 90.2 Å². The Morgan fingerprint density at radius 3 is 1.31 bits per heavy atom. The third-order valence-electron chi connectivity index (χ3n) is 9.05. The van der Waals surface area contributed by atoms with Gasteiger partial charge < -0.3 is 0 Å². The summed E-state index contributed by atoms with van der Waals surface area (Å²) in [5.74, 6) is 0. The Balaban J connectivity index is 1.59. The Kier molecular flexibility index (Phi) is 11.2. The Hall–Kier alpha value is -4.40. The standard InChI is InChI=1S/C41H28F12P2/c1-25(34-16-10-17-35(34)36-15-8-9-18-37(36)55(30-11-4-2-5-12-30)31-13-6-3-7-14-31)54(32-21-26(38(42,43)44)19-27(22-32)39(45,46)47)33-23-28(40(48,49)50)20-29(24-33)41(51,52)53/h2-25,37H,1H3/b36-35+. The minimum absolute atomic E-state index is 0.127. The normalized spacial score (nSPS) is 18.4. The molecule has 6 rings (SSSR count). The molecule has 0 heterocycles. The molecule has 0 aromatic heterocycles. The molecule has 0 radical (unpaired) electrons. The second kappa shape index (κ2) is 15.3. The molecule has 0 spiro atoms. The molecule has 0 saturated heterocycles. The first-order valence-corrected chi connectivity index (χ1v) is 19.3. The molecule has 0 fully saturated rings. The molecule has 0 aliphatic heterocycles. The van der Waals surface area contributed by atoms with Gasteiger partial charge in [-0.3, -0.25) is 0 Å². The van der Waals surface area contributed by atoms with E-state index in [9.17, 15) is 52.7 Å². The number of rotatable bonds is 7. The third-order valence-corrected chi connectivity index (χ3v) is 14.4. The van der Waals surface area contributed by atoms with Crippen molar-refractivity contribution in [2.45, 2.75) is 42.9 Å². The van der Waals surface area contributed by atoms with Crippen LogP contribution in [0.1, 0.15) is 29.2 Å². The van der Waals surface area contributed by atoms with Crippen LogP contribution in [-0.4, -0.2) is 11.3 Å². The zero-order chi connectivity index (χ0) is 39.9. The monoisotopic (exact) mass is 810 g/mol. The summed E-state index contributed by atoms with van der Waals surface area (Å²) in [7, 11) is -4.01. The fraction of sp³-hybridized carbons (Fsp3) is 0.171. The van der Waals surface area contributed by atoms with Gasteiger partial charge in [0.1, 0.15) is 0 Å². The average Bonchev–Trinajstić information content (AvgIpc) is 3.61. The van der Waals surface area contributed by atoms with Crippen molar-refractivity contribution in [3.8, 4) is 0 Å². The molecule has 2 aliphatic rings. The van der Waals surface area contributed by atoms with Crippen LogP contribution < -0.4 is 21.2 Å². The summed E-state index contributed by atoms with van der Waals surface area (Å²) < 4.78 is 170. The maximum atomic E-state index is 14.1. The molecule has 0 N–H and O–H groups in total. The van der Waals surface area contributed by atoms with Crippen LogP contribution in [0, 0.1) is 0 Å². The first-order chi connectivity index (χ1) is 25.7. The highest BCUT2D eigenvalue weighted by Gasteiger charge is 2.42. The number of benzene rings is 4. The molecule has 0 nitrogen and oxygen atoms in total. The second-order valence-corrected chi connectivity index (χ2v) is 17.5. The van der Waals surface area contributed by atoms with Crippen LogP contribution in [0.15, 0.2) is 156 Å². The lowest BCUT2D eigenvalue weighted by Crippen LogP contribution is -2.27. The smallest absolute Gasteiger partial charge is 0.166 e. The quantitative estimate of drug-likeness (QED) is 0.129. The van der Waals surface area contributed by atoms with Gasteiger partial charge in [-0.15, -0.1) is 0 Å². The van der Waals surface area contributed by atoms with Crippen LogP contribution >= 0.6 is 15.8 Å². The summed E-state index contributed by atoms with van der Waals surface area (Å²) >= 11 is 0. The Morgan fingerprint density at radius 1 is 0.491 bits per heavy atom. The third kappa shape index (κ3) is 8.86. The van der Waals surface area contributed by atoms with Crippen molar-refractivity contribution in [1.82, 2.24) is 0 Å². The Labute approximate surface area is 310 Å². The van der Waals surface area contributed by atoms with E-state index in [0.29, 0.717) is 41.0 Å². The van der Waals surface area contributed by atoms with Gasteiger partial charge in [0.05, 0.1) is 22.3 Å². The summed E-state index contributed by atoms with van der Waals surface area (Å²) in [6, 6.07) is 20.4. The minimum atomic E-state index is -5.33. The highest BCUT2D eigenvalue weighted by atomic mass is 31.1. The van der Waals surface area contributed by atoms with Crippen molar-refractivity contribution in [3.63, 3.8) is 0 Å². The molecular weight excluding hydrogens is 782 g/mol. The lowest BCUT2D eigenvalue weighted by atomic mass is 9.95. The molecule has 14 heteroatoms. The largest absolute Gasteiger partial charge is 0.416 e. The van der Waals surface area contributed by atoms with Crippen LogP contribution in [0.3, 0.4) is 0 Å². The maximum absolute atomic E-state index is 14.1. The van der Waals surface area contributed by atoms with Gasteiger partial charge in [0.25, 0.3) is 0 Å². The van der Waals surface area contributed by atoms with Crippen molar-refractivity contribution < 1.29 is 52.7 Å². The van der Waals surface area contributed by atoms with Gasteiger partial charge in [-0.1, -0.05) is 110 Å². The van der Waals surface area contributed by atoms with Gasteiger partial charge in [-0.2, -0.15) is 52.7 Å². The van der Waals surface area contributed by atoms with E-state index < -0.39 is 79.1 Å². The van der Waals surface area contributed by atoms with Crippen molar-refractivity contribution in [2.24, 2.45) is 0 Å². The van der Waals surface area contributed by atoms with E-state index in [1.807, 2.05) is 78.9 Å². The number of alkyl halides is 12. The van der Waals surface area contributed by atoms with Crippen LogP contribution in [0.2, 0.25) is 0 Å². The number of hydrogen-bond acceptors (Lipinski definition) is 0. The Morgan fingerprint density at radius 2 is 0.909 bits per heavy atom. The van der Waals surface area contributed by atoms with E-state index in [1.165, 1.54) is 6.92 Å². The predicted molar refractivity (Wildman–Crippen MR) is 194 cm³/mol. The van der Waals surface area contributed by atoms with Crippen LogP contribution in [0.25, 0.3) is 0 Å². The van der Waals surface area contributed by atoms with Crippen LogP contribution in [-0.2, 0) is 24.7 Å². The van der Waals surface area contributed by atoms with E-state index in [1.54, 1.807) is 24.3 Å². The SMILES string of the molecule is CC(C1=CC=C/C1=C1/C=CC=CC1P(c1ccccc1)c1ccccc1)P(c1cc(C(F)(F)F)cc(C(F)(F)F)c1)c1cc(C(F)(F)F)cc(C(F)(F)F)c1. The molecule has 2 unspecified atom stereocenters. The van der Waals surface area contributed by atoms with Gasteiger partial charge in [0.2, 0.25) is 0 Å². The van der Waals surface area contributed by atoms with E-state index >= 15 is 0 Å². The van der Waals surface area contributed by atoms with E-state index in [-0.39, 0.29) is 17.8 Å². The molecule has 2 atom stereocenters. The summed E-state index contributed by atoms with van der Waals surface area (Å²) in [4.78, 5) is 0. The molecule has 55 heavy (non-hydrogen) atoms. The maximum Gasteiger partial charge on any atom is 0.416 e. The van der Waals surface area contributed by atoms with Gasteiger partial charge >= 0.3 is 24.7 Å². The highest BCUT2D eigenvalue weighted by molar-refractivity contribution is 7.74. The molecular formula is C41H28F12P2. The predicted octanol–water partition coefficient (Wildman–Crippen LogP) is 12.0. The van der Waals surface area contributed by atoms with E-state index in [4.69, 9.17) is 0 Å². The van der Waals surface area contributed by atoms with Crippen molar-refractivity contribution in [2.75, 3.05) is 0 Å². The minimum Gasteiger partial charge on any atom is -0.166 e. The molecule has 2 aliphatic carbocycles. The molecule has 4 aromatic rings. The fourth-order valence-corrected chi connectivity index (χ4v) is 12.1. The van der Waals surface area contributed by atoms with E-state index in [0.717, 1.165) is 10.6 Å². The lowest BCUT2D eigenvalue weighted by molar-refractivity contribution is -0.144. The van der Waals surface area contributed by atoms with Gasteiger partial charge in [0, 0.05) is 11.3 Å². The van der Waals surface area contributed by atoms with Crippen LogP contribution in [0.4, 0.5) is 52.7 Å². The molecule has 4 aromatic carbocycles. The Bertz CT molecular complexity index is 2010.